The minimum Gasteiger partial charge on any atom is -0.507 e. The second-order valence-corrected chi connectivity index (χ2v) is 10.5. The normalized spacial score (nSPS) is 11.4. The molecule has 0 radical (unpaired) electrons. The van der Waals surface area contributed by atoms with Gasteiger partial charge in [0.15, 0.2) is 0 Å². The number of para-hydroxylation sites is 3. The van der Waals surface area contributed by atoms with Crippen molar-refractivity contribution in [2.24, 2.45) is 0 Å². The maximum Gasteiger partial charge on any atom is 0.149 e. The highest BCUT2D eigenvalue weighted by Gasteiger charge is 2.20. The summed E-state index contributed by atoms with van der Waals surface area (Å²) in [4.78, 5) is 10.1. The Bertz CT molecular complexity index is 2270. The van der Waals surface area contributed by atoms with Gasteiger partial charge in [-0.1, -0.05) is 91.0 Å². The Morgan fingerprint density at radius 1 is 0.548 bits per heavy atom. The Morgan fingerprint density at radius 3 is 2.12 bits per heavy atom. The van der Waals surface area contributed by atoms with Gasteiger partial charge >= 0.3 is 0 Å². The molecular weight excluding hydrogens is 514 g/mol. The van der Waals surface area contributed by atoms with Gasteiger partial charge < -0.3 is 5.11 Å². The molecule has 1 N–H and O–H groups in total. The lowest BCUT2D eigenvalue weighted by atomic mass is 9.93. The number of pyridine rings is 1. The van der Waals surface area contributed by atoms with Crippen molar-refractivity contribution in [2.45, 2.75) is 0 Å². The zero-order valence-corrected chi connectivity index (χ0v) is 22.6. The first-order valence-corrected chi connectivity index (χ1v) is 14.0. The Hall–Kier alpha value is -5.74. The number of phenolic OH excluding ortho intramolecular Hbond substituents is 1. The predicted molar refractivity (Wildman–Crippen MR) is 172 cm³/mol. The molecule has 0 aliphatic carbocycles. The molecule has 0 saturated carbocycles. The van der Waals surface area contributed by atoms with Crippen LogP contribution in [0.1, 0.15) is 0 Å². The summed E-state index contributed by atoms with van der Waals surface area (Å²) in [5.74, 6) is 0.889. The Balaban J connectivity index is 1.42. The van der Waals surface area contributed by atoms with Crippen LogP contribution in [0.2, 0.25) is 0 Å². The molecule has 0 spiro atoms. The van der Waals surface area contributed by atoms with Gasteiger partial charge in [-0.2, -0.15) is 0 Å². The van der Waals surface area contributed by atoms with E-state index in [0.29, 0.717) is 11.4 Å². The monoisotopic (exact) mass is 539 g/mol. The van der Waals surface area contributed by atoms with E-state index in [0.717, 1.165) is 60.6 Å². The van der Waals surface area contributed by atoms with E-state index in [1.165, 1.54) is 0 Å². The molecule has 0 amide bonds. The molecule has 0 bridgehead atoms. The van der Waals surface area contributed by atoms with Crippen LogP contribution < -0.4 is 0 Å². The smallest absolute Gasteiger partial charge is 0.149 e. The number of benzene rings is 6. The first kappa shape index (κ1) is 24.1. The number of phenols is 1. The fourth-order valence-electron chi connectivity index (χ4n) is 5.92. The van der Waals surface area contributed by atoms with E-state index in [4.69, 9.17) is 9.97 Å². The molecule has 0 fully saturated rings. The van der Waals surface area contributed by atoms with Gasteiger partial charge in [0, 0.05) is 28.4 Å². The maximum atomic E-state index is 10.9. The summed E-state index contributed by atoms with van der Waals surface area (Å²) in [6.45, 7) is 0. The van der Waals surface area contributed by atoms with Crippen LogP contribution in [0.3, 0.4) is 0 Å². The quantitative estimate of drug-likeness (QED) is 0.242. The van der Waals surface area contributed by atoms with Crippen molar-refractivity contribution >= 4 is 32.6 Å². The van der Waals surface area contributed by atoms with Crippen LogP contribution in [0.4, 0.5) is 0 Å². The van der Waals surface area contributed by atoms with Crippen LogP contribution in [-0.2, 0) is 0 Å². The summed E-state index contributed by atoms with van der Waals surface area (Å²) >= 11 is 0. The number of aromatic nitrogens is 3. The fourth-order valence-corrected chi connectivity index (χ4v) is 5.92. The van der Waals surface area contributed by atoms with Crippen molar-refractivity contribution in [3.05, 3.63) is 146 Å². The van der Waals surface area contributed by atoms with Crippen LogP contribution in [-0.4, -0.2) is 19.6 Å². The molecular formula is C38H25N3O. The SMILES string of the molecule is Oc1ccccc1-c1nc2c(-c3cc(-c4cc5ccccc5cn4)cc4ccccc34)cccc2n1-c1ccccc1. The minimum absolute atomic E-state index is 0.196. The van der Waals surface area contributed by atoms with Crippen molar-refractivity contribution in [1.82, 2.24) is 14.5 Å². The zero-order chi connectivity index (χ0) is 28.0. The van der Waals surface area contributed by atoms with E-state index in [-0.39, 0.29) is 5.75 Å². The summed E-state index contributed by atoms with van der Waals surface area (Å²) < 4.78 is 2.13. The van der Waals surface area contributed by atoms with Crippen LogP contribution in [0.5, 0.6) is 5.75 Å². The molecule has 0 aliphatic heterocycles. The van der Waals surface area contributed by atoms with Crippen molar-refractivity contribution in [3.63, 3.8) is 0 Å². The van der Waals surface area contributed by atoms with Crippen LogP contribution >= 0.6 is 0 Å². The Labute approximate surface area is 242 Å². The number of fused-ring (bicyclic) bond motifs is 3. The van der Waals surface area contributed by atoms with E-state index >= 15 is 0 Å². The fraction of sp³-hybridized carbons (Fsp3) is 0. The van der Waals surface area contributed by atoms with Gasteiger partial charge in [-0.15, -0.1) is 0 Å². The van der Waals surface area contributed by atoms with Crippen LogP contribution in [0.25, 0.3) is 72.0 Å². The Kier molecular flexibility index (Phi) is 5.57. The predicted octanol–water partition coefficient (Wildman–Crippen LogP) is 9.43. The number of aromatic hydroxyl groups is 1. The molecule has 6 aromatic carbocycles. The molecule has 4 nitrogen and oxygen atoms in total. The summed E-state index contributed by atoms with van der Waals surface area (Å²) in [6.07, 6.45) is 1.94. The average Bonchev–Trinajstić information content (AvgIpc) is 3.44. The first-order chi connectivity index (χ1) is 20.7. The third-order valence-corrected chi connectivity index (χ3v) is 7.92. The number of hydrogen-bond acceptors (Lipinski definition) is 3. The standard InChI is InChI=1S/C38H25N3O/c42-36-20-9-8-17-32(36)38-40-37-31(18-10-19-35(37)41(38)29-14-2-1-3-15-29)33-22-28(21-26-12-6-7-16-30(26)33)34-23-25-11-4-5-13-27(25)24-39-34/h1-24,42H. The van der Waals surface area contributed by atoms with E-state index in [2.05, 4.69) is 95.6 Å². The zero-order valence-electron chi connectivity index (χ0n) is 22.6. The van der Waals surface area contributed by atoms with Crippen molar-refractivity contribution in [2.75, 3.05) is 0 Å². The average molecular weight is 540 g/mol. The lowest BCUT2D eigenvalue weighted by molar-refractivity contribution is 0.477. The molecule has 8 rings (SSSR count). The van der Waals surface area contributed by atoms with Gasteiger partial charge in [-0.25, -0.2) is 4.98 Å². The van der Waals surface area contributed by atoms with Gasteiger partial charge in [0.05, 0.1) is 22.3 Å². The van der Waals surface area contributed by atoms with Crippen LogP contribution in [0, 0.1) is 0 Å². The van der Waals surface area contributed by atoms with Crippen molar-refractivity contribution in [1.29, 1.82) is 0 Å². The number of nitrogens with zero attached hydrogens (tertiary/aromatic N) is 3. The highest BCUT2D eigenvalue weighted by molar-refractivity contribution is 6.06. The minimum atomic E-state index is 0.196. The maximum absolute atomic E-state index is 10.9. The van der Waals surface area contributed by atoms with Gasteiger partial charge in [-0.3, -0.25) is 9.55 Å². The van der Waals surface area contributed by atoms with E-state index in [1.54, 1.807) is 6.07 Å². The molecule has 0 unspecified atom stereocenters. The third kappa shape index (κ3) is 3.93. The third-order valence-electron chi connectivity index (χ3n) is 7.92. The van der Waals surface area contributed by atoms with Gasteiger partial charge in [0.25, 0.3) is 0 Å². The Morgan fingerprint density at radius 2 is 1.26 bits per heavy atom. The van der Waals surface area contributed by atoms with E-state index in [9.17, 15) is 5.11 Å². The molecule has 0 saturated heterocycles. The molecule has 2 aromatic heterocycles. The number of imidazole rings is 1. The summed E-state index contributed by atoms with van der Waals surface area (Å²) in [5.41, 5.74) is 7.59. The largest absolute Gasteiger partial charge is 0.507 e. The molecule has 0 aliphatic rings. The summed E-state index contributed by atoms with van der Waals surface area (Å²) in [5, 5.41) is 15.4. The molecule has 8 aromatic rings. The highest BCUT2D eigenvalue weighted by atomic mass is 16.3. The highest BCUT2D eigenvalue weighted by Crippen LogP contribution is 2.40. The molecule has 42 heavy (non-hydrogen) atoms. The van der Waals surface area contributed by atoms with Crippen molar-refractivity contribution in [3.8, 4) is 45.2 Å². The molecule has 0 atom stereocenters. The first-order valence-electron chi connectivity index (χ1n) is 14.0. The molecule has 4 heteroatoms. The second kappa shape index (κ2) is 9.72. The number of hydrogen-bond donors (Lipinski definition) is 1. The van der Waals surface area contributed by atoms with Crippen molar-refractivity contribution < 1.29 is 5.11 Å². The number of rotatable bonds is 4. The second-order valence-electron chi connectivity index (χ2n) is 10.5. The van der Waals surface area contributed by atoms with Crippen LogP contribution in [0.15, 0.2) is 146 Å². The van der Waals surface area contributed by atoms with E-state index in [1.807, 2.05) is 48.7 Å². The molecule has 198 valence electrons. The lowest BCUT2D eigenvalue weighted by Crippen LogP contribution is -1.97. The molecule has 2 heterocycles. The van der Waals surface area contributed by atoms with Gasteiger partial charge in [-0.05, 0) is 70.3 Å². The summed E-state index contributed by atoms with van der Waals surface area (Å²) in [6, 6.07) is 47.3. The van der Waals surface area contributed by atoms with E-state index < -0.39 is 0 Å². The van der Waals surface area contributed by atoms with Gasteiger partial charge in [0.2, 0.25) is 0 Å². The summed E-state index contributed by atoms with van der Waals surface area (Å²) in [7, 11) is 0. The van der Waals surface area contributed by atoms with Gasteiger partial charge in [0.1, 0.15) is 11.6 Å². The topological polar surface area (TPSA) is 50.9 Å². The lowest BCUT2D eigenvalue weighted by Gasteiger charge is -2.13.